The predicted molar refractivity (Wildman–Crippen MR) is 102 cm³/mol. The highest BCUT2D eigenvalue weighted by molar-refractivity contribution is 5.94. The van der Waals surface area contributed by atoms with Crippen LogP contribution in [0.5, 0.6) is 0 Å². The molecule has 2 aromatic rings. The van der Waals surface area contributed by atoms with E-state index in [4.69, 9.17) is 9.51 Å². The summed E-state index contributed by atoms with van der Waals surface area (Å²) in [7, 11) is 0. The van der Waals surface area contributed by atoms with Gasteiger partial charge in [0, 0.05) is 51.0 Å². The number of aryl methyl sites for hydroxylation is 2. The third-order valence-electron chi connectivity index (χ3n) is 5.34. The lowest BCUT2D eigenvalue weighted by Crippen LogP contribution is -2.49. The molecule has 0 N–H and O–H groups in total. The van der Waals surface area contributed by atoms with E-state index in [1.807, 2.05) is 17.9 Å². The second kappa shape index (κ2) is 7.54. The molecule has 0 radical (unpaired) electrons. The van der Waals surface area contributed by atoms with E-state index in [9.17, 15) is 4.79 Å². The SMILES string of the molecule is Cc1cc(N2CCN(C(=O)c3cnoc3C)CC2)nc(N2CCCCC2)n1. The monoisotopic (exact) mass is 370 g/mol. The highest BCUT2D eigenvalue weighted by Crippen LogP contribution is 2.22. The average molecular weight is 370 g/mol. The van der Waals surface area contributed by atoms with Gasteiger partial charge in [-0.1, -0.05) is 5.16 Å². The fourth-order valence-corrected chi connectivity index (χ4v) is 3.75. The van der Waals surface area contributed by atoms with Crippen LogP contribution < -0.4 is 9.80 Å². The Kier molecular flexibility index (Phi) is 4.96. The molecule has 4 heterocycles. The van der Waals surface area contributed by atoms with E-state index in [2.05, 4.69) is 19.9 Å². The molecule has 4 rings (SSSR count). The molecule has 2 fully saturated rings. The maximum Gasteiger partial charge on any atom is 0.259 e. The standard InChI is InChI=1S/C19H26N6O2/c1-14-12-17(22-19(21-14)25-6-4-3-5-7-25)23-8-10-24(11-9-23)18(26)16-13-20-27-15(16)2/h12-13H,3-11H2,1-2H3. The number of rotatable bonds is 3. The zero-order chi connectivity index (χ0) is 18.8. The lowest BCUT2D eigenvalue weighted by molar-refractivity contribution is 0.0744. The Labute approximate surface area is 159 Å². The van der Waals surface area contributed by atoms with E-state index >= 15 is 0 Å². The van der Waals surface area contributed by atoms with Gasteiger partial charge in [-0.2, -0.15) is 4.98 Å². The molecule has 8 nitrogen and oxygen atoms in total. The van der Waals surface area contributed by atoms with E-state index in [1.54, 1.807) is 6.92 Å². The number of hydrogen-bond acceptors (Lipinski definition) is 7. The van der Waals surface area contributed by atoms with Crippen molar-refractivity contribution < 1.29 is 9.32 Å². The van der Waals surface area contributed by atoms with Crippen LogP contribution in [0.25, 0.3) is 0 Å². The summed E-state index contributed by atoms with van der Waals surface area (Å²) >= 11 is 0. The number of carbonyl (C=O) groups is 1. The van der Waals surface area contributed by atoms with Gasteiger partial charge in [0.25, 0.3) is 5.91 Å². The third-order valence-corrected chi connectivity index (χ3v) is 5.34. The fourth-order valence-electron chi connectivity index (χ4n) is 3.75. The van der Waals surface area contributed by atoms with Crippen LogP contribution in [0.4, 0.5) is 11.8 Å². The smallest absolute Gasteiger partial charge is 0.259 e. The van der Waals surface area contributed by atoms with Crippen molar-refractivity contribution in [3.8, 4) is 0 Å². The van der Waals surface area contributed by atoms with Gasteiger partial charge in [0.05, 0.1) is 6.20 Å². The van der Waals surface area contributed by atoms with Crippen molar-refractivity contribution in [2.45, 2.75) is 33.1 Å². The van der Waals surface area contributed by atoms with Crippen molar-refractivity contribution in [2.75, 3.05) is 49.1 Å². The van der Waals surface area contributed by atoms with Crippen molar-refractivity contribution in [1.82, 2.24) is 20.0 Å². The number of aromatic nitrogens is 3. The minimum atomic E-state index is -0.0127. The summed E-state index contributed by atoms with van der Waals surface area (Å²) in [5.41, 5.74) is 1.54. The van der Waals surface area contributed by atoms with Crippen molar-refractivity contribution in [3.05, 3.63) is 29.3 Å². The summed E-state index contributed by atoms with van der Waals surface area (Å²) in [4.78, 5) is 28.5. The quantitative estimate of drug-likeness (QED) is 0.818. The first-order valence-electron chi connectivity index (χ1n) is 9.68. The van der Waals surface area contributed by atoms with Gasteiger partial charge < -0.3 is 19.2 Å². The number of nitrogens with zero attached hydrogens (tertiary/aromatic N) is 6. The zero-order valence-corrected chi connectivity index (χ0v) is 16.0. The first-order valence-corrected chi connectivity index (χ1v) is 9.68. The molecular formula is C19H26N6O2. The fraction of sp³-hybridized carbons (Fsp3) is 0.579. The molecule has 0 spiro atoms. The number of hydrogen-bond donors (Lipinski definition) is 0. The van der Waals surface area contributed by atoms with Crippen LogP contribution in [0.1, 0.15) is 41.1 Å². The summed E-state index contributed by atoms with van der Waals surface area (Å²) < 4.78 is 5.02. The Morgan fingerprint density at radius 1 is 0.963 bits per heavy atom. The van der Waals surface area contributed by atoms with Crippen LogP contribution >= 0.6 is 0 Å². The maximum absolute atomic E-state index is 12.6. The van der Waals surface area contributed by atoms with Crippen molar-refractivity contribution >= 4 is 17.7 Å². The number of anilines is 2. The molecule has 2 aliphatic rings. The highest BCUT2D eigenvalue weighted by Gasteiger charge is 2.26. The van der Waals surface area contributed by atoms with Crippen molar-refractivity contribution in [2.24, 2.45) is 0 Å². The van der Waals surface area contributed by atoms with Gasteiger partial charge in [0.15, 0.2) is 0 Å². The van der Waals surface area contributed by atoms with Crippen LogP contribution in [0.15, 0.2) is 16.8 Å². The van der Waals surface area contributed by atoms with Crippen LogP contribution in [0, 0.1) is 13.8 Å². The number of amides is 1. The molecule has 0 unspecified atom stereocenters. The lowest BCUT2D eigenvalue weighted by Gasteiger charge is -2.36. The first kappa shape index (κ1) is 17.8. The summed E-state index contributed by atoms with van der Waals surface area (Å²) in [6, 6.07) is 2.04. The van der Waals surface area contributed by atoms with Crippen molar-refractivity contribution in [3.63, 3.8) is 0 Å². The average Bonchev–Trinajstić information content (AvgIpc) is 3.13. The van der Waals surface area contributed by atoms with E-state index in [1.165, 1.54) is 25.5 Å². The molecule has 0 aromatic carbocycles. The molecule has 27 heavy (non-hydrogen) atoms. The molecule has 0 atom stereocenters. The van der Waals surface area contributed by atoms with Gasteiger partial charge in [-0.3, -0.25) is 4.79 Å². The Hall–Kier alpha value is -2.64. The van der Waals surface area contributed by atoms with Gasteiger partial charge in [0.1, 0.15) is 17.1 Å². The van der Waals surface area contributed by atoms with E-state index in [0.29, 0.717) is 24.4 Å². The van der Waals surface area contributed by atoms with Gasteiger partial charge in [-0.05, 0) is 33.1 Å². The molecule has 0 aliphatic carbocycles. The number of carbonyl (C=O) groups excluding carboxylic acids is 1. The van der Waals surface area contributed by atoms with Crippen LogP contribution in [-0.4, -0.2) is 65.2 Å². The molecule has 0 bridgehead atoms. The molecule has 8 heteroatoms. The number of piperidine rings is 1. The highest BCUT2D eigenvalue weighted by atomic mass is 16.5. The van der Waals surface area contributed by atoms with Crippen LogP contribution in [-0.2, 0) is 0 Å². The van der Waals surface area contributed by atoms with E-state index in [0.717, 1.165) is 43.6 Å². The molecule has 144 valence electrons. The Morgan fingerprint density at radius 3 is 2.37 bits per heavy atom. The largest absolute Gasteiger partial charge is 0.361 e. The molecule has 2 aliphatic heterocycles. The van der Waals surface area contributed by atoms with Crippen molar-refractivity contribution in [1.29, 1.82) is 0 Å². The first-order chi connectivity index (χ1) is 13.1. The van der Waals surface area contributed by atoms with E-state index in [-0.39, 0.29) is 5.91 Å². The summed E-state index contributed by atoms with van der Waals surface area (Å²) in [6.45, 7) is 8.68. The second-order valence-corrected chi connectivity index (χ2v) is 7.29. The molecule has 1 amide bonds. The zero-order valence-electron chi connectivity index (χ0n) is 16.0. The molecule has 0 saturated carbocycles. The van der Waals surface area contributed by atoms with Crippen LogP contribution in [0.2, 0.25) is 0 Å². The molecule has 2 saturated heterocycles. The minimum absolute atomic E-state index is 0.0127. The minimum Gasteiger partial charge on any atom is -0.361 e. The Bertz CT molecular complexity index is 806. The second-order valence-electron chi connectivity index (χ2n) is 7.29. The Balaban J connectivity index is 1.44. The summed E-state index contributed by atoms with van der Waals surface area (Å²) in [5, 5.41) is 3.71. The maximum atomic E-state index is 12.6. The normalized spacial score (nSPS) is 18.1. The predicted octanol–water partition coefficient (Wildman–Crippen LogP) is 2.03. The topological polar surface area (TPSA) is 78.6 Å². The van der Waals surface area contributed by atoms with Crippen LogP contribution in [0.3, 0.4) is 0 Å². The van der Waals surface area contributed by atoms with Gasteiger partial charge in [-0.15, -0.1) is 0 Å². The summed E-state index contributed by atoms with van der Waals surface area (Å²) in [5.74, 6) is 2.35. The Morgan fingerprint density at radius 2 is 1.70 bits per heavy atom. The number of piperazine rings is 1. The van der Waals surface area contributed by atoms with Gasteiger partial charge in [-0.25, -0.2) is 4.98 Å². The molecular weight excluding hydrogens is 344 g/mol. The summed E-state index contributed by atoms with van der Waals surface area (Å²) in [6.07, 6.45) is 5.20. The lowest BCUT2D eigenvalue weighted by atomic mass is 10.1. The van der Waals surface area contributed by atoms with Gasteiger partial charge in [0.2, 0.25) is 5.95 Å². The third kappa shape index (κ3) is 3.74. The van der Waals surface area contributed by atoms with Gasteiger partial charge >= 0.3 is 0 Å². The van der Waals surface area contributed by atoms with E-state index < -0.39 is 0 Å². The molecule has 2 aromatic heterocycles.